The fraction of sp³-hybridized carbons (Fsp3) is 0.765. The van der Waals surface area contributed by atoms with Crippen LogP contribution in [-0.4, -0.2) is 69.7 Å². The molecule has 0 bridgehead atoms. The Morgan fingerprint density at radius 1 is 0.758 bits per heavy atom. The van der Waals surface area contributed by atoms with Gasteiger partial charge in [0, 0.05) is 52.2 Å². The van der Waals surface area contributed by atoms with E-state index in [1.165, 1.54) is 0 Å². The van der Waals surface area contributed by atoms with Crippen molar-refractivity contribution in [3.8, 4) is 0 Å². The van der Waals surface area contributed by atoms with Crippen LogP contribution in [0.15, 0.2) is 0 Å². The van der Waals surface area contributed by atoms with Gasteiger partial charge in [-0.15, -0.1) is 0 Å². The molecule has 193 valence electrons. The molecule has 0 aromatic heterocycles. The van der Waals surface area contributed by atoms with Crippen molar-refractivity contribution >= 4 is 87.5 Å². The van der Waals surface area contributed by atoms with Gasteiger partial charge in [0.2, 0.25) is 14.5 Å². The van der Waals surface area contributed by atoms with Crippen LogP contribution in [0.4, 0.5) is 0 Å². The second kappa shape index (κ2) is 30.0. The largest absolute Gasteiger partial charge is 0.479 e. The molecule has 0 aliphatic rings. The summed E-state index contributed by atoms with van der Waals surface area (Å²) in [6.07, 6.45) is 4.45. The van der Waals surface area contributed by atoms with Crippen LogP contribution in [0.1, 0.15) is 52.4 Å². The van der Waals surface area contributed by atoms with Crippen molar-refractivity contribution < 1.29 is 92.1 Å². The molecule has 16 heteroatoms. The summed E-state index contributed by atoms with van der Waals surface area (Å²) < 4.78 is 0. The minimum atomic E-state index is -1.29. The van der Waals surface area contributed by atoms with Crippen LogP contribution in [-0.2, 0) is 66.6 Å². The molecule has 0 saturated heterocycles. The molecule has 1 atom stereocenters. The second-order valence-corrected chi connectivity index (χ2v) is 9.03. The third-order valence-corrected chi connectivity index (χ3v) is 4.23. The van der Waals surface area contributed by atoms with Gasteiger partial charge in [-0.2, -0.15) is 0 Å². The first-order valence-electron chi connectivity index (χ1n) is 8.76. The Morgan fingerprint density at radius 3 is 1.03 bits per heavy atom. The second-order valence-electron chi connectivity index (χ2n) is 5.74. The van der Waals surface area contributed by atoms with E-state index in [9.17, 15) is 24.6 Å². The van der Waals surface area contributed by atoms with Gasteiger partial charge in [-0.3, -0.25) is 0 Å². The van der Waals surface area contributed by atoms with E-state index in [0.29, 0.717) is 12.8 Å². The van der Waals surface area contributed by atoms with Crippen molar-refractivity contribution in [2.75, 3.05) is 0 Å². The molecule has 0 saturated carbocycles. The van der Waals surface area contributed by atoms with Gasteiger partial charge in [0.25, 0.3) is 0 Å². The topological polar surface area (TPSA) is 152 Å². The number of carboxylic acids is 3. The van der Waals surface area contributed by atoms with Crippen LogP contribution < -0.4 is 0 Å². The third-order valence-electron chi connectivity index (χ3n) is 3.11. The summed E-state index contributed by atoms with van der Waals surface area (Å²) in [5, 5.41) is 42.6. The van der Waals surface area contributed by atoms with E-state index in [2.05, 4.69) is 20.8 Å². The van der Waals surface area contributed by atoms with Gasteiger partial charge in [-0.05, 0) is 18.9 Å². The number of unbranched alkanes of at least 4 members (excludes halogenated alkanes) is 2. The monoisotopic (exact) mass is 724 g/mol. The summed E-state index contributed by atoms with van der Waals surface area (Å²) in [6.45, 7) is 7.68. The fourth-order valence-electron chi connectivity index (χ4n) is 1.42. The van der Waals surface area contributed by atoms with E-state index in [0.717, 1.165) is 25.7 Å². The smallest absolute Gasteiger partial charge is 0.337 e. The predicted octanol–water partition coefficient (Wildman–Crippen LogP) is 4.91. The molecule has 1 radical (unpaired) electrons. The quantitative estimate of drug-likeness (QED) is 0.121. The number of alkyl halides is 6. The SMILES string of the molecule is O=C(O)C(Cl)Cl.O=C(O)C(Cl)Cl.O=C(O)C(Cl)Cl.[CH2-]C(O)C(O)(CCCC)CCCC.[Y].[Zn]. The molecule has 0 aliphatic heterocycles. The maximum absolute atomic E-state index is 10.0. The summed E-state index contributed by atoms with van der Waals surface area (Å²) in [5.41, 5.74) is -0.952. The number of hydrogen-bond donors (Lipinski definition) is 5. The van der Waals surface area contributed by atoms with Crippen molar-refractivity contribution in [1.82, 2.24) is 0 Å². The van der Waals surface area contributed by atoms with Gasteiger partial charge in [0.05, 0.1) is 5.60 Å². The average molecular weight is 728 g/mol. The first kappa shape index (κ1) is 47.9. The maximum atomic E-state index is 10.0. The normalized spacial score (nSPS) is 10.7. The molecule has 0 heterocycles. The molecule has 0 amide bonds. The summed E-state index contributed by atoms with van der Waals surface area (Å²) in [6, 6.07) is 0. The number of carboxylic acid groups (broad SMARTS) is 3. The Kier molecular flexibility index (Phi) is 43.6. The molecular weight excluding hydrogens is 699 g/mol. The zero-order valence-electron chi connectivity index (χ0n) is 18.3. The van der Waals surface area contributed by atoms with Gasteiger partial charge < -0.3 is 32.5 Å². The minimum Gasteiger partial charge on any atom is -0.479 e. The summed E-state index contributed by atoms with van der Waals surface area (Å²) >= 11 is 28.7. The van der Waals surface area contributed by atoms with E-state index in [4.69, 9.17) is 84.9 Å². The van der Waals surface area contributed by atoms with Crippen LogP contribution in [0.2, 0.25) is 0 Å². The van der Waals surface area contributed by atoms with Gasteiger partial charge >= 0.3 is 17.9 Å². The molecule has 0 aromatic carbocycles. The Balaban J connectivity index is -0.0000000780. The predicted molar refractivity (Wildman–Crippen MR) is 125 cm³/mol. The summed E-state index contributed by atoms with van der Waals surface area (Å²) in [4.78, 5) is 24.4. The van der Waals surface area contributed by atoms with E-state index in [-0.39, 0.29) is 52.2 Å². The van der Waals surface area contributed by atoms with Crippen LogP contribution >= 0.6 is 69.6 Å². The minimum absolute atomic E-state index is 0. The van der Waals surface area contributed by atoms with Crippen LogP contribution in [0.3, 0.4) is 0 Å². The van der Waals surface area contributed by atoms with Crippen molar-refractivity contribution in [1.29, 1.82) is 0 Å². The fourth-order valence-corrected chi connectivity index (χ4v) is 1.42. The maximum Gasteiger partial charge on any atom is 0.337 e. The third kappa shape index (κ3) is 38.5. The van der Waals surface area contributed by atoms with Crippen LogP contribution in [0.25, 0.3) is 0 Å². The zero-order chi connectivity index (χ0) is 25.8. The molecule has 0 aromatic rings. The average Bonchev–Trinajstić information content (AvgIpc) is 2.65. The molecular formula is C17H29Cl6O8YZn-. The van der Waals surface area contributed by atoms with E-state index in [1.807, 2.05) is 0 Å². The van der Waals surface area contributed by atoms with Crippen molar-refractivity contribution in [2.45, 2.75) is 78.6 Å². The number of carbonyl (C=O) groups is 3. The van der Waals surface area contributed by atoms with Gasteiger partial charge in [0.1, 0.15) is 0 Å². The number of halogens is 6. The number of rotatable bonds is 10. The zero-order valence-corrected chi connectivity index (χ0v) is 28.6. The molecule has 0 fully saturated rings. The van der Waals surface area contributed by atoms with Gasteiger partial charge in [-0.25, -0.2) is 14.4 Å². The van der Waals surface area contributed by atoms with E-state index in [1.54, 1.807) is 0 Å². The van der Waals surface area contributed by atoms with Crippen molar-refractivity contribution in [3.05, 3.63) is 6.92 Å². The number of aliphatic hydroxyl groups excluding tert-OH is 1. The molecule has 1 unspecified atom stereocenters. The van der Waals surface area contributed by atoms with Gasteiger partial charge in [-0.1, -0.05) is 109 Å². The molecule has 8 nitrogen and oxygen atoms in total. The van der Waals surface area contributed by atoms with Crippen molar-refractivity contribution in [2.24, 2.45) is 0 Å². The van der Waals surface area contributed by atoms with Crippen molar-refractivity contribution in [3.63, 3.8) is 0 Å². The van der Waals surface area contributed by atoms with Crippen LogP contribution in [0, 0.1) is 6.92 Å². The number of aliphatic hydroxyl groups is 2. The Morgan fingerprint density at radius 2 is 0.939 bits per heavy atom. The summed E-state index contributed by atoms with van der Waals surface area (Å²) in [7, 11) is 0. The standard InChI is InChI=1S/C11H23O2.3C2H2Cl2O2.Y.Zn/c1-4-6-8-11(13,10(3)12)9-7-5-2;3*3-1(4)2(5)6;;/h10,12-13H,3-9H2,1-2H3;3*1H,(H,5,6);;/q-1;;;;;. The molecule has 0 aliphatic carbocycles. The first-order chi connectivity index (χ1) is 14.0. The molecule has 0 spiro atoms. The van der Waals surface area contributed by atoms with E-state index < -0.39 is 44.1 Å². The van der Waals surface area contributed by atoms with Gasteiger partial charge in [0.15, 0.2) is 0 Å². The van der Waals surface area contributed by atoms with Crippen LogP contribution in [0.5, 0.6) is 0 Å². The number of hydrogen-bond acceptors (Lipinski definition) is 5. The first-order valence-corrected chi connectivity index (χ1v) is 11.4. The summed E-state index contributed by atoms with van der Waals surface area (Å²) in [5.74, 6) is -3.63. The molecule has 33 heavy (non-hydrogen) atoms. The Bertz CT molecular complexity index is 438. The Labute approximate surface area is 262 Å². The van der Waals surface area contributed by atoms with E-state index >= 15 is 0 Å². The molecule has 5 N–H and O–H groups in total. The number of aliphatic carboxylic acids is 3. The Hall–Kier alpha value is 1.80. The molecule has 0 rings (SSSR count).